The summed E-state index contributed by atoms with van der Waals surface area (Å²) in [6.07, 6.45) is 3.65. The quantitative estimate of drug-likeness (QED) is 0.662. The number of hydrazine groups is 1. The third-order valence-corrected chi connectivity index (χ3v) is 4.05. The molecule has 2 aromatic carbocycles. The number of methoxy groups -OCH3 is 1. The van der Waals surface area contributed by atoms with Crippen LogP contribution in [0.15, 0.2) is 42.5 Å². The van der Waals surface area contributed by atoms with Crippen molar-refractivity contribution in [3.63, 3.8) is 0 Å². The molecule has 0 radical (unpaired) electrons. The maximum Gasteiger partial charge on any atom is 0.119 e. The van der Waals surface area contributed by atoms with Gasteiger partial charge in [0.15, 0.2) is 0 Å². The molecule has 104 valence electrons. The van der Waals surface area contributed by atoms with Crippen LogP contribution in [0.1, 0.15) is 34.7 Å². The normalized spacial score (nSPS) is 14.9. The number of hydrogen-bond donors (Lipinski definition) is 2. The number of fused-ring (bicyclic) bond motifs is 1. The highest BCUT2D eigenvalue weighted by molar-refractivity contribution is 5.41. The third-order valence-electron chi connectivity index (χ3n) is 4.05. The number of ether oxygens (including phenoxy) is 1. The molecule has 0 aliphatic heterocycles. The maximum absolute atomic E-state index is 5.78. The Labute approximate surface area is 119 Å². The summed E-state index contributed by atoms with van der Waals surface area (Å²) in [5, 5.41) is 0. The van der Waals surface area contributed by atoms with Gasteiger partial charge in [0, 0.05) is 0 Å². The Kier molecular flexibility index (Phi) is 3.72. The number of rotatable bonds is 4. The highest BCUT2D eigenvalue weighted by Crippen LogP contribution is 2.29. The fourth-order valence-corrected chi connectivity index (χ4v) is 2.98. The Morgan fingerprint density at radius 1 is 1.05 bits per heavy atom. The van der Waals surface area contributed by atoms with E-state index in [9.17, 15) is 0 Å². The predicted octanol–water partition coefficient (Wildman–Crippen LogP) is 2.74. The van der Waals surface area contributed by atoms with Crippen molar-refractivity contribution in [1.82, 2.24) is 5.43 Å². The molecule has 1 atom stereocenters. The molecular weight excluding hydrogens is 248 g/mol. The molecule has 1 aliphatic carbocycles. The Bertz CT molecular complexity index is 610. The molecule has 3 N–H and O–H groups in total. The van der Waals surface area contributed by atoms with E-state index >= 15 is 0 Å². The summed E-state index contributed by atoms with van der Waals surface area (Å²) in [4.78, 5) is 0. The van der Waals surface area contributed by atoms with Crippen molar-refractivity contribution >= 4 is 0 Å². The number of aryl methyl sites for hydroxylation is 2. The molecule has 3 nitrogen and oxygen atoms in total. The summed E-state index contributed by atoms with van der Waals surface area (Å²) in [7, 11) is 1.68. The van der Waals surface area contributed by atoms with Gasteiger partial charge in [-0.1, -0.05) is 30.3 Å². The lowest BCUT2D eigenvalue weighted by Gasteiger charge is -2.18. The standard InChI is InChI=1S/C17H20N2O/c1-20-16-7-3-6-14(11-16)17(19-18)15-9-8-12-4-2-5-13(12)10-15/h3,6-11,17,19H,2,4-5,18H2,1H3. The molecule has 1 aliphatic rings. The topological polar surface area (TPSA) is 47.3 Å². The smallest absolute Gasteiger partial charge is 0.119 e. The predicted molar refractivity (Wildman–Crippen MR) is 80.6 cm³/mol. The molecule has 1 unspecified atom stereocenters. The van der Waals surface area contributed by atoms with Crippen molar-refractivity contribution in [2.45, 2.75) is 25.3 Å². The molecule has 2 aromatic rings. The lowest BCUT2D eigenvalue weighted by Crippen LogP contribution is -2.28. The van der Waals surface area contributed by atoms with Crippen LogP contribution >= 0.6 is 0 Å². The van der Waals surface area contributed by atoms with Gasteiger partial charge in [-0.2, -0.15) is 0 Å². The van der Waals surface area contributed by atoms with Gasteiger partial charge >= 0.3 is 0 Å². The average molecular weight is 268 g/mol. The fourth-order valence-electron chi connectivity index (χ4n) is 2.98. The highest BCUT2D eigenvalue weighted by atomic mass is 16.5. The fraction of sp³-hybridized carbons (Fsp3) is 0.294. The first-order valence-corrected chi connectivity index (χ1v) is 7.03. The van der Waals surface area contributed by atoms with Crippen molar-refractivity contribution in [3.8, 4) is 5.75 Å². The van der Waals surface area contributed by atoms with E-state index in [4.69, 9.17) is 10.6 Å². The van der Waals surface area contributed by atoms with Crippen molar-refractivity contribution in [2.75, 3.05) is 7.11 Å². The van der Waals surface area contributed by atoms with Gasteiger partial charge in [-0.05, 0) is 53.6 Å². The van der Waals surface area contributed by atoms with E-state index < -0.39 is 0 Å². The van der Waals surface area contributed by atoms with Crippen LogP contribution in [-0.4, -0.2) is 7.11 Å². The molecule has 3 heteroatoms. The zero-order chi connectivity index (χ0) is 13.9. The van der Waals surface area contributed by atoms with Crippen molar-refractivity contribution < 1.29 is 4.74 Å². The number of benzene rings is 2. The summed E-state index contributed by atoms with van der Waals surface area (Å²) < 4.78 is 5.29. The van der Waals surface area contributed by atoms with E-state index in [0.717, 1.165) is 11.3 Å². The number of nitrogens with one attached hydrogen (secondary N) is 1. The van der Waals surface area contributed by atoms with E-state index in [1.165, 1.54) is 36.0 Å². The Morgan fingerprint density at radius 3 is 2.65 bits per heavy atom. The number of hydrogen-bond acceptors (Lipinski definition) is 3. The Morgan fingerprint density at radius 2 is 1.85 bits per heavy atom. The summed E-state index contributed by atoms with van der Waals surface area (Å²) >= 11 is 0. The maximum atomic E-state index is 5.78. The minimum atomic E-state index is -0.00370. The van der Waals surface area contributed by atoms with Crippen LogP contribution in [-0.2, 0) is 12.8 Å². The molecule has 0 saturated heterocycles. The molecule has 3 rings (SSSR count). The van der Waals surface area contributed by atoms with Crippen LogP contribution in [0.5, 0.6) is 5.75 Å². The second-order valence-corrected chi connectivity index (χ2v) is 5.26. The summed E-state index contributed by atoms with van der Waals surface area (Å²) in [5.74, 6) is 6.63. The summed E-state index contributed by atoms with van der Waals surface area (Å²) in [6.45, 7) is 0. The third kappa shape index (κ3) is 2.42. The van der Waals surface area contributed by atoms with Gasteiger partial charge in [-0.15, -0.1) is 0 Å². The molecule has 0 aromatic heterocycles. The van der Waals surface area contributed by atoms with Gasteiger partial charge in [0.1, 0.15) is 5.75 Å². The van der Waals surface area contributed by atoms with E-state index in [2.05, 4.69) is 29.7 Å². The van der Waals surface area contributed by atoms with Gasteiger partial charge in [0.25, 0.3) is 0 Å². The van der Waals surface area contributed by atoms with Crippen LogP contribution in [0.2, 0.25) is 0 Å². The summed E-state index contributed by atoms with van der Waals surface area (Å²) in [6, 6.07) is 14.7. The zero-order valence-electron chi connectivity index (χ0n) is 11.7. The van der Waals surface area contributed by atoms with Gasteiger partial charge < -0.3 is 4.74 Å². The Balaban J connectivity index is 1.96. The zero-order valence-corrected chi connectivity index (χ0v) is 11.7. The van der Waals surface area contributed by atoms with Gasteiger partial charge in [0.05, 0.1) is 13.2 Å². The van der Waals surface area contributed by atoms with Crippen LogP contribution in [0, 0.1) is 0 Å². The minimum absolute atomic E-state index is 0.00370. The minimum Gasteiger partial charge on any atom is -0.497 e. The SMILES string of the molecule is COc1cccc(C(NN)c2ccc3c(c2)CCC3)c1. The van der Waals surface area contributed by atoms with E-state index in [-0.39, 0.29) is 6.04 Å². The average Bonchev–Trinajstić information content (AvgIpc) is 2.96. The lowest BCUT2D eigenvalue weighted by atomic mass is 9.96. The molecule has 0 heterocycles. The van der Waals surface area contributed by atoms with E-state index in [0.29, 0.717) is 0 Å². The van der Waals surface area contributed by atoms with Gasteiger partial charge in [0.2, 0.25) is 0 Å². The second kappa shape index (κ2) is 5.65. The second-order valence-electron chi connectivity index (χ2n) is 5.26. The molecule has 0 fully saturated rings. The van der Waals surface area contributed by atoms with Gasteiger partial charge in [-0.3, -0.25) is 5.84 Å². The van der Waals surface area contributed by atoms with Crippen LogP contribution in [0.25, 0.3) is 0 Å². The van der Waals surface area contributed by atoms with E-state index in [1.807, 2.05) is 18.2 Å². The molecule has 20 heavy (non-hydrogen) atoms. The first kappa shape index (κ1) is 13.2. The molecule has 0 spiro atoms. The summed E-state index contributed by atoms with van der Waals surface area (Å²) in [5.41, 5.74) is 8.19. The first-order valence-electron chi connectivity index (χ1n) is 7.03. The monoisotopic (exact) mass is 268 g/mol. The first-order chi connectivity index (χ1) is 9.81. The highest BCUT2D eigenvalue weighted by Gasteiger charge is 2.17. The molecule has 0 amide bonds. The Hall–Kier alpha value is -1.84. The van der Waals surface area contributed by atoms with E-state index in [1.54, 1.807) is 7.11 Å². The lowest BCUT2D eigenvalue weighted by molar-refractivity contribution is 0.413. The van der Waals surface area contributed by atoms with Crippen molar-refractivity contribution in [1.29, 1.82) is 0 Å². The number of nitrogens with two attached hydrogens (primary N) is 1. The molecular formula is C17H20N2O. The van der Waals surface area contributed by atoms with Crippen LogP contribution < -0.4 is 16.0 Å². The van der Waals surface area contributed by atoms with Crippen molar-refractivity contribution in [3.05, 3.63) is 64.7 Å². The largest absolute Gasteiger partial charge is 0.497 e. The van der Waals surface area contributed by atoms with Crippen molar-refractivity contribution in [2.24, 2.45) is 5.84 Å². The van der Waals surface area contributed by atoms with Crippen LogP contribution in [0.3, 0.4) is 0 Å². The molecule has 0 bridgehead atoms. The van der Waals surface area contributed by atoms with Crippen LogP contribution in [0.4, 0.5) is 0 Å². The molecule has 0 saturated carbocycles. The van der Waals surface area contributed by atoms with Gasteiger partial charge in [-0.25, -0.2) is 5.43 Å².